The normalized spacial score (nSPS) is 14.9. The maximum absolute atomic E-state index is 12.9. The molecular weight excluding hydrogens is 478 g/mol. The van der Waals surface area contributed by atoms with Gasteiger partial charge >= 0.3 is 0 Å². The highest BCUT2D eigenvalue weighted by molar-refractivity contribution is 7.89. The van der Waals surface area contributed by atoms with Gasteiger partial charge in [-0.1, -0.05) is 29.8 Å². The molecule has 0 aliphatic carbocycles. The minimum absolute atomic E-state index is 0.247. The average Bonchev–Trinajstić information content (AvgIpc) is 2.89. The lowest BCUT2D eigenvalue weighted by atomic mass is 10.1. The summed E-state index contributed by atoms with van der Waals surface area (Å²) in [5.74, 6) is 0.917. The Morgan fingerprint density at radius 3 is 2.17 bits per heavy atom. The summed E-state index contributed by atoms with van der Waals surface area (Å²) in [4.78, 5) is 15.3. The Kier molecular flexibility index (Phi) is 7.93. The number of carbonyl (C=O) groups is 1. The van der Waals surface area contributed by atoms with Gasteiger partial charge in [0, 0.05) is 44.4 Å². The van der Waals surface area contributed by atoms with Gasteiger partial charge < -0.3 is 14.8 Å². The predicted octanol–water partition coefficient (Wildman–Crippen LogP) is 3.77. The molecule has 36 heavy (non-hydrogen) atoms. The second-order valence-electron chi connectivity index (χ2n) is 8.71. The standard InChI is InChI=1S/C27H31N3O5S/c1-20-4-11-24(12-5-20)36(32,33)30-16-14-29(15-17-30)19-21-6-8-22(9-7-21)27(31)28-25-18-23(34-2)10-13-26(25)35-3/h4-13,18H,14-17,19H2,1-3H3,(H,28,31). The Bertz CT molecular complexity index is 1300. The fourth-order valence-corrected chi connectivity index (χ4v) is 5.54. The Labute approximate surface area is 212 Å². The Morgan fingerprint density at radius 1 is 0.889 bits per heavy atom. The van der Waals surface area contributed by atoms with E-state index in [0.29, 0.717) is 60.4 Å². The SMILES string of the molecule is COc1ccc(OC)c(NC(=O)c2ccc(CN3CCN(S(=O)(=O)c4ccc(C)cc4)CC3)cc2)c1. The molecule has 3 aromatic carbocycles. The molecule has 0 bridgehead atoms. The minimum Gasteiger partial charge on any atom is -0.497 e. The molecule has 1 amide bonds. The number of nitrogens with zero attached hydrogens (tertiary/aromatic N) is 2. The first kappa shape index (κ1) is 25.7. The van der Waals surface area contributed by atoms with E-state index in [2.05, 4.69) is 10.2 Å². The summed E-state index contributed by atoms with van der Waals surface area (Å²) in [5.41, 5.74) is 3.14. The number of ether oxygens (including phenoxy) is 2. The van der Waals surface area contributed by atoms with Crippen molar-refractivity contribution in [3.63, 3.8) is 0 Å². The number of hydrogen-bond donors (Lipinski definition) is 1. The monoisotopic (exact) mass is 509 g/mol. The molecule has 1 aliphatic heterocycles. The first-order chi connectivity index (χ1) is 17.3. The molecule has 0 radical (unpaired) electrons. The van der Waals surface area contributed by atoms with Crippen LogP contribution < -0.4 is 14.8 Å². The topological polar surface area (TPSA) is 88.2 Å². The van der Waals surface area contributed by atoms with Crippen molar-refractivity contribution in [1.29, 1.82) is 0 Å². The lowest BCUT2D eigenvalue weighted by Gasteiger charge is -2.34. The van der Waals surface area contributed by atoms with Crippen molar-refractivity contribution in [2.45, 2.75) is 18.4 Å². The molecule has 1 heterocycles. The van der Waals surface area contributed by atoms with Crippen LogP contribution in [-0.4, -0.2) is 63.9 Å². The number of rotatable bonds is 8. The second-order valence-corrected chi connectivity index (χ2v) is 10.6. The molecule has 0 unspecified atom stereocenters. The highest BCUT2D eigenvalue weighted by Gasteiger charge is 2.28. The second kappa shape index (κ2) is 11.1. The van der Waals surface area contributed by atoms with E-state index >= 15 is 0 Å². The van der Waals surface area contributed by atoms with Crippen LogP contribution in [-0.2, 0) is 16.6 Å². The third-order valence-corrected chi connectivity index (χ3v) is 8.18. The van der Waals surface area contributed by atoms with Gasteiger partial charge in [-0.05, 0) is 48.9 Å². The van der Waals surface area contributed by atoms with Crippen molar-refractivity contribution in [2.24, 2.45) is 0 Å². The summed E-state index contributed by atoms with van der Waals surface area (Å²) in [6.07, 6.45) is 0. The van der Waals surface area contributed by atoms with E-state index in [1.54, 1.807) is 61.0 Å². The number of anilines is 1. The van der Waals surface area contributed by atoms with Crippen LogP contribution in [0.5, 0.6) is 11.5 Å². The number of piperazine rings is 1. The summed E-state index contributed by atoms with van der Waals surface area (Å²) in [7, 11) is -0.370. The van der Waals surface area contributed by atoms with Crippen LogP contribution in [0, 0.1) is 6.92 Å². The van der Waals surface area contributed by atoms with E-state index in [0.717, 1.165) is 11.1 Å². The average molecular weight is 510 g/mol. The lowest BCUT2D eigenvalue weighted by molar-refractivity contribution is 0.102. The maximum atomic E-state index is 12.9. The van der Waals surface area contributed by atoms with E-state index in [1.807, 2.05) is 31.2 Å². The van der Waals surface area contributed by atoms with Crippen molar-refractivity contribution in [3.8, 4) is 11.5 Å². The predicted molar refractivity (Wildman–Crippen MR) is 139 cm³/mol. The van der Waals surface area contributed by atoms with Crippen LogP contribution in [0.15, 0.2) is 71.6 Å². The number of sulfonamides is 1. The van der Waals surface area contributed by atoms with Crippen LogP contribution >= 0.6 is 0 Å². The van der Waals surface area contributed by atoms with Crippen LogP contribution in [0.25, 0.3) is 0 Å². The molecule has 1 saturated heterocycles. The van der Waals surface area contributed by atoms with E-state index in [1.165, 1.54) is 0 Å². The zero-order valence-electron chi connectivity index (χ0n) is 20.7. The van der Waals surface area contributed by atoms with Gasteiger partial charge in [0.05, 0.1) is 24.8 Å². The smallest absolute Gasteiger partial charge is 0.255 e. The van der Waals surface area contributed by atoms with Crippen LogP contribution in [0.2, 0.25) is 0 Å². The van der Waals surface area contributed by atoms with Crippen LogP contribution in [0.1, 0.15) is 21.5 Å². The molecule has 0 spiro atoms. The number of carbonyl (C=O) groups excluding carboxylic acids is 1. The van der Waals surface area contributed by atoms with Gasteiger partial charge in [0.1, 0.15) is 11.5 Å². The van der Waals surface area contributed by atoms with Crippen molar-refractivity contribution < 1.29 is 22.7 Å². The Hall–Kier alpha value is -3.40. The minimum atomic E-state index is -3.48. The van der Waals surface area contributed by atoms with Gasteiger partial charge in [-0.15, -0.1) is 0 Å². The van der Waals surface area contributed by atoms with Gasteiger partial charge in [0.25, 0.3) is 5.91 Å². The molecule has 8 nitrogen and oxygen atoms in total. The third-order valence-electron chi connectivity index (χ3n) is 6.27. The van der Waals surface area contributed by atoms with Crippen molar-refractivity contribution >= 4 is 21.6 Å². The molecule has 1 aliphatic rings. The number of amides is 1. The fraction of sp³-hybridized carbons (Fsp3) is 0.296. The lowest BCUT2D eigenvalue weighted by Crippen LogP contribution is -2.48. The first-order valence-corrected chi connectivity index (χ1v) is 13.2. The fourth-order valence-electron chi connectivity index (χ4n) is 4.11. The van der Waals surface area contributed by atoms with Gasteiger partial charge in [0.15, 0.2) is 0 Å². The van der Waals surface area contributed by atoms with Crippen LogP contribution in [0.4, 0.5) is 5.69 Å². The van der Waals surface area contributed by atoms with Crippen molar-refractivity contribution in [2.75, 3.05) is 45.7 Å². The number of hydrogen-bond acceptors (Lipinski definition) is 6. The molecule has 9 heteroatoms. The molecule has 1 fully saturated rings. The summed E-state index contributed by atoms with van der Waals surface area (Å²) >= 11 is 0. The summed E-state index contributed by atoms with van der Waals surface area (Å²) in [6, 6.07) is 19.6. The van der Waals surface area contributed by atoms with E-state index in [-0.39, 0.29) is 5.91 Å². The number of methoxy groups -OCH3 is 2. The Morgan fingerprint density at radius 2 is 1.56 bits per heavy atom. The van der Waals surface area contributed by atoms with Crippen molar-refractivity contribution in [1.82, 2.24) is 9.21 Å². The molecule has 190 valence electrons. The van der Waals surface area contributed by atoms with Gasteiger partial charge in [-0.2, -0.15) is 4.31 Å². The molecular formula is C27H31N3O5S. The van der Waals surface area contributed by atoms with Crippen LogP contribution in [0.3, 0.4) is 0 Å². The molecule has 0 saturated carbocycles. The Balaban J connectivity index is 1.33. The highest BCUT2D eigenvalue weighted by atomic mass is 32.2. The third kappa shape index (κ3) is 5.87. The number of aryl methyl sites for hydroxylation is 1. The highest BCUT2D eigenvalue weighted by Crippen LogP contribution is 2.29. The van der Waals surface area contributed by atoms with Gasteiger partial charge in [-0.3, -0.25) is 9.69 Å². The molecule has 1 N–H and O–H groups in total. The maximum Gasteiger partial charge on any atom is 0.255 e. The zero-order valence-corrected chi connectivity index (χ0v) is 21.5. The summed E-state index contributed by atoms with van der Waals surface area (Å²) in [6.45, 7) is 4.79. The first-order valence-electron chi connectivity index (χ1n) is 11.7. The number of benzene rings is 3. The molecule has 0 aromatic heterocycles. The summed E-state index contributed by atoms with van der Waals surface area (Å²) in [5, 5.41) is 2.87. The molecule has 3 aromatic rings. The van der Waals surface area contributed by atoms with Crippen molar-refractivity contribution in [3.05, 3.63) is 83.4 Å². The zero-order chi connectivity index (χ0) is 25.7. The van der Waals surface area contributed by atoms with E-state index in [4.69, 9.17) is 9.47 Å². The largest absolute Gasteiger partial charge is 0.497 e. The number of nitrogens with one attached hydrogen (secondary N) is 1. The summed E-state index contributed by atoms with van der Waals surface area (Å²) < 4.78 is 38.0. The van der Waals surface area contributed by atoms with Gasteiger partial charge in [0.2, 0.25) is 10.0 Å². The molecule has 4 rings (SSSR count). The quantitative estimate of drug-likeness (QED) is 0.497. The van der Waals surface area contributed by atoms with E-state index in [9.17, 15) is 13.2 Å². The van der Waals surface area contributed by atoms with E-state index < -0.39 is 10.0 Å². The van der Waals surface area contributed by atoms with Gasteiger partial charge in [-0.25, -0.2) is 8.42 Å². The molecule has 0 atom stereocenters.